The maximum Gasteiger partial charge on any atom is 0.276 e. The minimum absolute atomic E-state index is 0.0359. The number of piperidine rings is 2. The van der Waals surface area contributed by atoms with E-state index in [1.54, 1.807) is 0 Å². The molecule has 1 amide bonds. The van der Waals surface area contributed by atoms with E-state index in [1.807, 2.05) is 4.90 Å². The van der Waals surface area contributed by atoms with Crippen LogP contribution in [-0.4, -0.2) is 49.7 Å². The van der Waals surface area contributed by atoms with Crippen LogP contribution in [0.1, 0.15) is 39.0 Å². The van der Waals surface area contributed by atoms with E-state index in [0.29, 0.717) is 25.9 Å². The number of hydrogen-bond donors (Lipinski definition) is 1. The van der Waals surface area contributed by atoms with Crippen molar-refractivity contribution in [2.75, 3.05) is 26.2 Å². The molecule has 2 saturated heterocycles. The summed E-state index contributed by atoms with van der Waals surface area (Å²) in [5, 5.41) is 5.11. The van der Waals surface area contributed by atoms with Crippen LogP contribution >= 0.6 is 0 Å². The van der Waals surface area contributed by atoms with Gasteiger partial charge < -0.3 is 4.90 Å². The zero-order valence-electron chi connectivity index (χ0n) is 12.1. The van der Waals surface area contributed by atoms with E-state index in [4.69, 9.17) is 5.14 Å². The van der Waals surface area contributed by atoms with E-state index in [2.05, 4.69) is 6.92 Å². The van der Waals surface area contributed by atoms with Crippen molar-refractivity contribution in [1.82, 2.24) is 9.21 Å². The predicted molar refractivity (Wildman–Crippen MR) is 77.0 cm³/mol. The van der Waals surface area contributed by atoms with Gasteiger partial charge in [0.05, 0.1) is 0 Å². The second-order valence-corrected chi connectivity index (χ2v) is 7.44. The zero-order chi connectivity index (χ0) is 14.8. The Hall–Kier alpha value is -0.660. The minimum atomic E-state index is -3.60. The number of rotatable bonds is 3. The number of nitrogens with two attached hydrogens (primary N) is 1. The van der Waals surface area contributed by atoms with Gasteiger partial charge >= 0.3 is 0 Å². The first-order valence-electron chi connectivity index (χ1n) is 7.48. The predicted octanol–water partition coefficient (Wildman–Crippen LogP) is 0.551. The quantitative estimate of drug-likeness (QED) is 0.826. The lowest BCUT2D eigenvalue weighted by atomic mass is 9.91. The van der Waals surface area contributed by atoms with Gasteiger partial charge in [0.2, 0.25) is 5.91 Å². The summed E-state index contributed by atoms with van der Waals surface area (Å²) in [6.07, 6.45) is 4.55. The molecule has 0 spiro atoms. The Morgan fingerprint density at radius 2 is 1.65 bits per heavy atom. The molecule has 116 valence electrons. The molecule has 2 N–H and O–H groups in total. The van der Waals surface area contributed by atoms with Gasteiger partial charge in [0, 0.05) is 32.1 Å². The lowest BCUT2D eigenvalue weighted by Crippen LogP contribution is -2.47. The Balaban J connectivity index is 1.83. The van der Waals surface area contributed by atoms with Crippen LogP contribution < -0.4 is 5.14 Å². The van der Waals surface area contributed by atoms with Crippen molar-refractivity contribution in [2.24, 2.45) is 17.0 Å². The summed E-state index contributed by atoms with van der Waals surface area (Å²) in [5.41, 5.74) is 0. The van der Waals surface area contributed by atoms with E-state index in [9.17, 15) is 13.2 Å². The SMILES string of the molecule is CCC1CCN(C(=O)C2CCN(S(N)(=O)=O)CC2)CC1. The maximum absolute atomic E-state index is 12.4. The molecule has 20 heavy (non-hydrogen) atoms. The Kier molecular flexibility index (Phi) is 5.04. The minimum Gasteiger partial charge on any atom is -0.342 e. The Morgan fingerprint density at radius 3 is 2.10 bits per heavy atom. The normalized spacial score (nSPS) is 24.0. The molecule has 2 aliphatic rings. The first-order chi connectivity index (χ1) is 9.41. The zero-order valence-corrected chi connectivity index (χ0v) is 12.9. The molecule has 0 radical (unpaired) electrons. The summed E-state index contributed by atoms with van der Waals surface area (Å²) in [7, 11) is -3.60. The van der Waals surface area contributed by atoms with Gasteiger partial charge in [-0.15, -0.1) is 0 Å². The van der Waals surface area contributed by atoms with Crippen molar-refractivity contribution >= 4 is 16.1 Å². The van der Waals surface area contributed by atoms with Crippen molar-refractivity contribution in [3.05, 3.63) is 0 Å². The van der Waals surface area contributed by atoms with E-state index >= 15 is 0 Å². The highest BCUT2D eigenvalue weighted by Gasteiger charge is 2.32. The fourth-order valence-electron chi connectivity index (χ4n) is 3.18. The molecule has 2 rings (SSSR count). The van der Waals surface area contributed by atoms with Gasteiger partial charge in [0.25, 0.3) is 10.2 Å². The number of carbonyl (C=O) groups excluding carboxylic acids is 1. The molecule has 0 atom stereocenters. The topological polar surface area (TPSA) is 83.7 Å². The van der Waals surface area contributed by atoms with Crippen LogP contribution in [0.4, 0.5) is 0 Å². The average molecular weight is 303 g/mol. The molecule has 2 aliphatic heterocycles. The van der Waals surface area contributed by atoms with E-state index in [0.717, 1.165) is 31.8 Å². The van der Waals surface area contributed by atoms with Crippen molar-refractivity contribution in [3.8, 4) is 0 Å². The van der Waals surface area contributed by atoms with Crippen LogP contribution in [0.2, 0.25) is 0 Å². The third kappa shape index (κ3) is 3.71. The third-order valence-electron chi connectivity index (χ3n) is 4.67. The number of hydrogen-bond acceptors (Lipinski definition) is 3. The van der Waals surface area contributed by atoms with Gasteiger partial charge in [-0.25, -0.2) is 5.14 Å². The number of nitrogens with zero attached hydrogens (tertiary/aromatic N) is 2. The molecule has 0 aromatic rings. The molecular weight excluding hydrogens is 278 g/mol. The third-order valence-corrected chi connectivity index (χ3v) is 5.75. The summed E-state index contributed by atoms with van der Waals surface area (Å²) in [4.78, 5) is 14.4. The Morgan fingerprint density at radius 1 is 1.10 bits per heavy atom. The summed E-state index contributed by atoms with van der Waals surface area (Å²) in [5.74, 6) is 0.920. The van der Waals surface area contributed by atoms with Crippen LogP contribution in [0, 0.1) is 11.8 Å². The van der Waals surface area contributed by atoms with Crippen molar-refractivity contribution in [3.63, 3.8) is 0 Å². The largest absolute Gasteiger partial charge is 0.342 e. The van der Waals surface area contributed by atoms with Crippen LogP contribution in [-0.2, 0) is 15.0 Å². The van der Waals surface area contributed by atoms with Crippen LogP contribution in [0.15, 0.2) is 0 Å². The second kappa shape index (κ2) is 6.41. The second-order valence-electron chi connectivity index (χ2n) is 5.90. The monoisotopic (exact) mass is 303 g/mol. The molecule has 0 saturated carbocycles. The molecule has 0 bridgehead atoms. The van der Waals surface area contributed by atoms with Crippen molar-refractivity contribution < 1.29 is 13.2 Å². The molecule has 0 aromatic heterocycles. The van der Waals surface area contributed by atoms with Gasteiger partial charge in [-0.05, 0) is 31.6 Å². The summed E-state index contributed by atoms with van der Waals surface area (Å²) in [6.45, 7) is 4.63. The van der Waals surface area contributed by atoms with E-state index in [-0.39, 0.29) is 11.8 Å². The molecule has 2 fully saturated rings. The highest BCUT2D eigenvalue weighted by Crippen LogP contribution is 2.25. The van der Waals surface area contributed by atoms with Gasteiger partial charge in [0.1, 0.15) is 0 Å². The smallest absolute Gasteiger partial charge is 0.276 e. The number of likely N-dealkylation sites (tertiary alicyclic amines) is 1. The lowest BCUT2D eigenvalue weighted by molar-refractivity contribution is -0.138. The maximum atomic E-state index is 12.4. The fourth-order valence-corrected chi connectivity index (χ4v) is 3.90. The summed E-state index contributed by atoms with van der Waals surface area (Å²) >= 11 is 0. The van der Waals surface area contributed by atoms with Gasteiger partial charge in [0.15, 0.2) is 0 Å². The van der Waals surface area contributed by atoms with Gasteiger partial charge in [-0.2, -0.15) is 12.7 Å². The summed E-state index contributed by atoms with van der Waals surface area (Å²) < 4.78 is 23.7. The first-order valence-corrected chi connectivity index (χ1v) is 8.98. The molecule has 6 nitrogen and oxygen atoms in total. The fraction of sp³-hybridized carbons (Fsp3) is 0.923. The highest BCUT2D eigenvalue weighted by atomic mass is 32.2. The van der Waals surface area contributed by atoms with Crippen LogP contribution in [0.3, 0.4) is 0 Å². The molecular formula is C13H25N3O3S. The molecule has 2 heterocycles. The molecule has 0 aliphatic carbocycles. The molecule has 0 aromatic carbocycles. The number of amides is 1. The molecule has 0 unspecified atom stereocenters. The van der Waals surface area contributed by atoms with Crippen LogP contribution in [0.5, 0.6) is 0 Å². The first kappa shape index (κ1) is 15.7. The standard InChI is InChI=1S/C13H25N3O3S/c1-2-11-3-7-15(8-4-11)13(17)12-5-9-16(10-6-12)20(14,18)19/h11-12H,2-10H2,1H3,(H2,14,18,19). The van der Waals surface area contributed by atoms with E-state index in [1.165, 1.54) is 10.7 Å². The van der Waals surface area contributed by atoms with Crippen molar-refractivity contribution in [2.45, 2.75) is 39.0 Å². The highest BCUT2D eigenvalue weighted by molar-refractivity contribution is 7.86. The Labute approximate surface area is 121 Å². The summed E-state index contributed by atoms with van der Waals surface area (Å²) in [6, 6.07) is 0. The Bertz CT molecular complexity index is 436. The lowest BCUT2D eigenvalue weighted by Gasteiger charge is -2.36. The van der Waals surface area contributed by atoms with Gasteiger partial charge in [-0.1, -0.05) is 13.3 Å². The molecule has 7 heteroatoms. The van der Waals surface area contributed by atoms with Crippen molar-refractivity contribution in [1.29, 1.82) is 0 Å². The van der Waals surface area contributed by atoms with E-state index < -0.39 is 10.2 Å². The van der Waals surface area contributed by atoms with Crippen LogP contribution in [0.25, 0.3) is 0 Å². The van der Waals surface area contributed by atoms with Gasteiger partial charge in [-0.3, -0.25) is 4.79 Å². The average Bonchev–Trinajstić information content (AvgIpc) is 2.46. The number of carbonyl (C=O) groups is 1.